The van der Waals surface area contributed by atoms with Crippen LogP contribution in [0.5, 0.6) is 0 Å². The number of benzene rings is 2. The summed E-state index contributed by atoms with van der Waals surface area (Å²) < 4.78 is 7.21. The average molecular weight is 331 g/mol. The van der Waals surface area contributed by atoms with E-state index in [2.05, 4.69) is 5.10 Å². The van der Waals surface area contributed by atoms with Gasteiger partial charge in [0.15, 0.2) is 5.76 Å². The number of rotatable bonds is 4. The number of hydrogen-bond acceptors (Lipinski definition) is 4. The van der Waals surface area contributed by atoms with E-state index in [-0.39, 0.29) is 5.69 Å². The molecule has 4 rings (SSSR count). The Morgan fingerprint density at radius 1 is 0.960 bits per heavy atom. The molecule has 0 N–H and O–H groups in total. The summed E-state index contributed by atoms with van der Waals surface area (Å²) >= 11 is 0. The third-order valence-corrected chi connectivity index (χ3v) is 3.86. The van der Waals surface area contributed by atoms with Crippen molar-refractivity contribution in [3.63, 3.8) is 0 Å². The van der Waals surface area contributed by atoms with Gasteiger partial charge >= 0.3 is 0 Å². The van der Waals surface area contributed by atoms with E-state index in [9.17, 15) is 10.1 Å². The lowest BCUT2D eigenvalue weighted by atomic mass is 10.1. The lowest BCUT2D eigenvalue weighted by Crippen LogP contribution is -1.99. The SMILES string of the molecule is O=[N+]([O-])c1ccc(-n2nc(-c3ccco3)cc2-c2ccccc2)cc1. The minimum atomic E-state index is -0.417. The Hall–Kier alpha value is -3.67. The highest BCUT2D eigenvalue weighted by atomic mass is 16.6. The maximum atomic E-state index is 10.9. The second kappa shape index (κ2) is 6.09. The first-order chi connectivity index (χ1) is 12.2. The molecule has 6 nitrogen and oxygen atoms in total. The highest BCUT2D eigenvalue weighted by Gasteiger charge is 2.15. The molecule has 0 spiro atoms. The van der Waals surface area contributed by atoms with Crippen LogP contribution in [-0.2, 0) is 0 Å². The van der Waals surface area contributed by atoms with Crippen LogP contribution in [0.4, 0.5) is 5.69 Å². The van der Waals surface area contributed by atoms with E-state index in [1.54, 1.807) is 23.1 Å². The third kappa shape index (κ3) is 2.81. The van der Waals surface area contributed by atoms with Crippen molar-refractivity contribution in [2.24, 2.45) is 0 Å². The van der Waals surface area contributed by atoms with Crippen LogP contribution in [0.3, 0.4) is 0 Å². The minimum absolute atomic E-state index is 0.0448. The molecule has 0 saturated carbocycles. The number of nitro groups is 1. The number of furan rings is 1. The summed E-state index contributed by atoms with van der Waals surface area (Å²) in [6.45, 7) is 0. The average Bonchev–Trinajstić information content (AvgIpc) is 3.32. The molecule has 0 bridgehead atoms. The van der Waals surface area contributed by atoms with Gasteiger partial charge in [-0.25, -0.2) is 4.68 Å². The predicted molar refractivity (Wildman–Crippen MR) is 93.4 cm³/mol. The van der Waals surface area contributed by atoms with Crippen LogP contribution in [0.1, 0.15) is 0 Å². The van der Waals surface area contributed by atoms with E-state index in [1.165, 1.54) is 12.1 Å². The van der Waals surface area contributed by atoms with Crippen molar-refractivity contribution in [3.8, 4) is 28.4 Å². The molecule has 0 radical (unpaired) electrons. The Bertz CT molecular complexity index is 1000. The molecule has 0 aliphatic rings. The highest BCUT2D eigenvalue weighted by molar-refractivity contribution is 5.68. The van der Waals surface area contributed by atoms with Crippen molar-refractivity contribution in [1.29, 1.82) is 0 Å². The molecule has 2 aromatic carbocycles. The monoisotopic (exact) mass is 331 g/mol. The molecule has 0 aliphatic heterocycles. The normalized spacial score (nSPS) is 10.7. The van der Waals surface area contributed by atoms with Crippen LogP contribution in [0, 0.1) is 10.1 Å². The Morgan fingerprint density at radius 2 is 1.72 bits per heavy atom. The first kappa shape index (κ1) is 14.9. The highest BCUT2D eigenvalue weighted by Crippen LogP contribution is 2.29. The summed E-state index contributed by atoms with van der Waals surface area (Å²) in [6, 6.07) is 21.7. The second-order valence-corrected chi connectivity index (χ2v) is 5.44. The Morgan fingerprint density at radius 3 is 2.36 bits per heavy atom. The zero-order valence-corrected chi connectivity index (χ0v) is 13.1. The Kier molecular flexibility index (Phi) is 3.63. The standard InChI is InChI=1S/C19H13N3O3/c23-22(24)16-10-8-15(9-11-16)21-18(14-5-2-1-3-6-14)13-17(20-21)19-7-4-12-25-19/h1-13H. The van der Waals surface area contributed by atoms with Gasteiger partial charge in [0.1, 0.15) is 5.69 Å². The molecular formula is C19H13N3O3. The topological polar surface area (TPSA) is 74.1 Å². The number of aromatic nitrogens is 2. The van der Waals surface area contributed by atoms with Crippen LogP contribution in [-0.4, -0.2) is 14.7 Å². The van der Waals surface area contributed by atoms with Gasteiger partial charge in [-0.1, -0.05) is 30.3 Å². The van der Waals surface area contributed by atoms with Crippen LogP contribution in [0.2, 0.25) is 0 Å². The zero-order valence-electron chi connectivity index (χ0n) is 13.1. The fourth-order valence-corrected chi connectivity index (χ4v) is 2.65. The predicted octanol–water partition coefficient (Wildman–Crippen LogP) is 4.71. The van der Waals surface area contributed by atoms with Crippen molar-refractivity contribution in [2.45, 2.75) is 0 Å². The molecule has 0 atom stereocenters. The maximum Gasteiger partial charge on any atom is 0.269 e. The molecule has 2 aromatic heterocycles. The van der Waals surface area contributed by atoms with Crippen LogP contribution in [0.15, 0.2) is 83.5 Å². The zero-order chi connectivity index (χ0) is 17.2. The first-order valence-corrected chi connectivity index (χ1v) is 7.66. The van der Waals surface area contributed by atoms with E-state index in [4.69, 9.17) is 4.42 Å². The summed E-state index contributed by atoms with van der Waals surface area (Å²) in [5.74, 6) is 0.665. The van der Waals surface area contributed by atoms with Gasteiger partial charge < -0.3 is 4.42 Å². The number of hydrogen-bond donors (Lipinski definition) is 0. The van der Waals surface area contributed by atoms with Crippen molar-refractivity contribution < 1.29 is 9.34 Å². The molecular weight excluding hydrogens is 318 g/mol. The second-order valence-electron chi connectivity index (χ2n) is 5.44. The van der Waals surface area contributed by atoms with E-state index in [1.807, 2.05) is 48.5 Å². The summed E-state index contributed by atoms with van der Waals surface area (Å²) in [4.78, 5) is 10.5. The molecule has 0 fully saturated rings. The molecule has 122 valence electrons. The van der Waals surface area contributed by atoms with Crippen LogP contribution in [0.25, 0.3) is 28.4 Å². The van der Waals surface area contributed by atoms with Crippen LogP contribution >= 0.6 is 0 Å². The van der Waals surface area contributed by atoms with Gasteiger partial charge in [-0.15, -0.1) is 0 Å². The van der Waals surface area contributed by atoms with E-state index >= 15 is 0 Å². The lowest BCUT2D eigenvalue weighted by Gasteiger charge is -2.07. The number of nitro benzene ring substituents is 1. The first-order valence-electron chi connectivity index (χ1n) is 7.66. The van der Waals surface area contributed by atoms with Crippen molar-refractivity contribution in [3.05, 3.63) is 89.2 Å². The van der Waals surface area contributed by atoms with E-state index in [0.717, 1.165) is 16.9 Å². The smallest absolute Gasteiger partial charge is 0.269 e. The maximum absolute atomic E-state index is 10.9. The van der Waals surface area contributed by atoms with E-state index < -0.39 is 4.92 Å². The molecule has 0 aliphatic carbocycles. The fourth-order valence-electron chi connectivity index (χ4n) is 2.65. The van der Waals surface area contributed by atoms with Gasteiger partial charge in [-0.05, 0) is 30.3 Å². The molecule has 0 unspecified atom stereocenters. The third-order valence-electron chi connectivity index (χ3n) is 3.86. The number of nitrogens with zero attached hydrogens (tertiary/aromatic N) is 3. The molecule has 4 aromatic rings. The van der Waals surface area contributed by atoms with Crippen molar-refractivity contribution in [2.75, 3.05) is 0 Å². The molecule has 0 saturated heterocycles. The molecule has 6 heteroatoms. The summed E-state index contributed by atoms with van der Waals surface area (Å²) in [5.41, 5.74) is 3.35. The van der Waals surface area contributed by atoms with Crippen molar-refractivity contribution >= 4 is 5.69 Å². The molecule has 25 heavy (non-hydrogen) atoms. The summed E-state index contributed by atoms with van der Waals surface area (Å²) in [5, 5.41) is 15.5. The number of non-ortho nitro benzene ring substituents is 1. The van der Waals surface area contributed by atoms with E-state index in [0.29, 0.717) is 11.5 Å². The van der Waals surface area contributed by atoms with Gasteiger partial charge in [-0.3, -0.25) is 10.1 Å². The van der Waals surface area contributed by atoms with Crippen LogP contribution < -0.4 is 0 Å². The summed E-state index contributed by atoms with van der Waals surface area (Å²) in [7, 11) is 0. The van der Waals surface area contributed by atoms with Gasteiger partial charge in [0.2, 0.25) is 0 Å². The molecule has 0 amide bonds. The Balaban J connectivity index is 1.86. The van der Waals surface area contributed by atoms with Gasteiger partial charge in [0.05, 0.1) is 22.6 Å². The van der Waals surface area contributed by atoms with Gasteiger partial charge in [0.25, 0.3) is 5.69 Å². The van der Waals surface area contributed by atoms with Crippen molar-refractivity contribution in [1.82, 2.24) is 9.78 Å². The lowest BCUT2D eigenvalue weighted by molar-refractivity contribution is -0.384. The quantitative estimate of drug-likeness (QED) is 0.401. The van der Waals surface area contributed by atoms with Gasteiger partial charge in [0, 0.05) is 17.7 Å². The fraction of sp³-hybridized carbons (Fsp3) is 0. The van der Waals surface area contributed by atoms with Gasteiger partial charge in [-0.2, -0.15) is 5.10 Å². The Labute approximate surface area is 143 Å². The minimum Gasteiger partial charge on any atom is -0.463 e. The summed E-state index contributed by atoms with van der Waals surface area (Å²) in [6.07, 6.45) is 1.60. The molecule has 2 heterocycles. The largest absolute Gasteiger partial charge is 0.463 e.